The molecule has 1 saturated heterocycles. The second-order valence-corrected chi connectivity index (χ2v) is 13.2. The van der Waals surface area contributed by atoms with Crippen LogP contribution >= 0.6 is 0 Å². The molecule has 1 spiro atoms. The Morgan fingerprint density at radius 2 is 2.07 bits per heavy atom. The quantitative estimate of drug-likeness (QED) is 0.511. The van der Waals surface area contributed by atoms with Crippen LogP contribution < -0.4 is 5.32 Å². The zero-order chi connectivity index (χ0) is 29.1. The van der Waals surface area contributed by atoms with Crippen LogP contribution in [0, 0.1) is 18.2 Å². The maximum absolute atomic E-state index is 14.1. The van der Waals surface area contributed by atoms with Gasteiger partial charge in [-0.15, -0.1) is 0 Å². The summed E-state index contributed by atoms with van der Waals surface area (Å²) in [5.74, 6) is 0.715. The Balaban J connectivity index is 1.15. The number of hydrogen-bond acceptors (Lipinski definition) is 6. The van der Waals surface area contributed by atoms with Gasteiger partial charge in [-0.2, -0.15) is 0 Å². The molecule has 2 aliphatic carbocycles. The molecule has 1 aromatic heterocycles. The minimum Gasteiger partial charge on any atom is -0.453 e. The Hall–Kier alpha value is -3.14. The minimum absolute atomic E-state index is 0.300. The highest BCUT2D eigenvalue weighted by molar-refractivity contribution is 5.68. The molecule has 6 rings (SSSR count). The molecule has 10 heteroatoms. The molecule has 4 unspecified atom stereocenters. The summed E-state index contributed by atoms with van der Waals surface area (Å²) >= 11 is 0. The topological polar surface area (TPSA) is 88.9 Å². The smallest absolute Gasteiger partial charge is 0.409 e. The molecule has 1 N–H and O–H groups in total. The maximum Gasteiger partial charge on any atom is 0.409 e. The summed E-state index contributed by atoms with van der Waals surface area (Å²) < 4.78 is 27.1. The van der Waals surface area contributed by atoms with E-state index >= 15 is 0 Å². The molecule has 1 aromatic carbocycles. The number of aromatic nitrogens is 2. The highest BCUT2D eigenvalue weighted by atomic mass is 19.1. The lowest BCUT2D eigenvalue weighted by atomic mass is 9.53. The lowest BCUT2D eigenvalue weighted by molar-refractivity contribution is -0.188. The van der Waals surface area contributed by atoms with Crippen LogP contribution in [-0.2, 0) is 22.4 Å². The summed E-state index contributed by atoms with van der Waals surface area (Å²) in [5, 5.41) is 3.01. The standard InChI is InChI=1S/C31H42FN5O4/c1-19-33-24-18-35(29(39)40-5)13-11-25(24)37(19)22-16-27-31(17-22)12-9-26(31)36(27)14-10-23(20-7-6-8-21(32)15-20)34-28(38)41-30(2,3)4/h6-8,15,22-23,26-27H,9-14,16-18H2,1-5H3,(H,34,38)/t22?,23-,26?,27?,31?/m0/s1. The third-order valence-corrected chi connectivity index (χ3v) is 9.77. The summed E-state index contributed by atoms with van der Waals surface area (Å²) in [4.78, 5) is 34.0. The van der Waals surface area contributed by atoms with E-state index in [1.807, 2.05) is 26.8 Å². The van der Waals surface area contributed by atoms with Crippen molar-refractivity contribution in [1.29, 1.82) is 0 Å². The van der Waals surface area contributed by atoms with Gasteiger partial charge in [0.2, 0.25) is 0 Å². The Bertz CT molecular complexity index is 1340. The molecule has 5 atom stereocenters. The van der Waals surface area contributed by atoms with Gasteiger partial charge in [0.1, 0.15) is 17.2 Å². The number of methoxy groups -OCH3 is 1. The number of imidazole rings is 1. The number of likely N-dealkylation sites (tertiary alicyclic amines) is 1. The van der Waals surface area contributed by atoms with Crippen LogP contribution in [0.4, 0.5) is 14.0 Å². The number of hydrogen-bond donors (Lipinski definition) is 1. The van der Waals surface area contributed by atoms with E-state index in [0.29, 0.717) is 43.1 Å². The lowest BCUT2D eigenvalue weighted by Gasteiger charge is -2.68. The molecule has 2 aromatic rings. The van der Waals surface area contributed by atoms with Gasteiger partial charge in [-0.1, -0.05) is 12.1 Å². The van der Waals surface area contributed by atoms with E-state index in [0.717, 1.165) is 42.9 Å². The van der Waals surface area contributed by atoms with Crippen molar-refractivity contribution in [3.8, 4) is 0 Å². The average Bonchev–Trinajstić information content (AvgIpc) is 3.44. The van der Waals surface area contributed by atoms with Crippen molar-refractivity contribution < 1.29 is 23.5 Å². The van der Waals surface area contributed by atoms with Gasteiger partial charge < -0.3 is 24.3 Å². The number of benzene rings is 1. The van der Waals surface area contributed by atoms with Gasteiger partial charge in [-0.05, 0) is 77.5 Å². The molecular formula is C31H42FN5O4. The van der Waals surface area contributed by atoms with Crippen molar-refractivity contribution in [3.05, 3.63) is 52.9 Å². The van der Waals surface area contributed by atoms with Crippen molar-refractivity contribution in [2.24, 2.45) is 5.41 Å². The van der Waals surface area contributed by atoms with E-state index in [1.54, 1.807) is 11.0 Å². The van der Waals surface area contributed by atoms with Gasteiger partial charge in [0.25, 0.3) is 0 Å². The molecule has 2 saturated carbocycles. The molecule has 3 heterocycles. The highest BCUT2D eigenvalue weighted by Gasteiger charge is 2.69. The third-order valence-electron chi connectivity index (χ3n) is 9.77. The van der Waals surface area contributed by atoms with E-state index in [1.165, 1.54) is 37.8 Å². The van der Waals surface area contributed by atoms with E-state index in [-0.39, 0.29) is 18.0 Å². The number of rotatable bonds is 6. The van der Waals surface area contributed by atoms with Crippen LogP contribution in [0.1, 0.15) is 87.7 Å². The fourth-order valence-corrected chi connectivity index (χ4v) is 8.11. The van der Waals surface area contributed by atoms with Gasteiger partial charge in [0.15, 0.2) is 0 Å². The van der Waals surface area contributed by atoms with Gasteiger partial charge in [0.05, 0.1) is 25.4 Å². The molecule has 3 fully saturated rings. The first-order valence-corrected chi connectivity index (χ1v) is 14.9. The van der Waals surface area contributed by atoms with Crippen LogP contribution in [0.15, 0.2) is 24.3 Å². The van der Waals surface area contributed by atoms with E-state index in [9.17, 15) is 14.0 Å². The van der Waals surface area contributed by atoms with Crippen molar-refractivity contribution in [3.63, 3.8) is 0 Å². The van der Waals surface area contributed by atoms with Crippen molar-refractivity contribution in [2.45, 2.75) is 103 Å². The van der Waals surface area contributed by atoms with Gasteiger partial charge in [-0.3, -0.25) is 4.90 Å². The second-order valence-electron chi connectivity index (χ2n) is 13.2. The number of halogens is 1. The highest BCUT2D eigenvalue weighted by Crippen LogP contribution is 2.67. The molecule has 0 radical (unpaired) electrons. The molecule has 9 nitrogen and oxygen atoms in total. The largest absolute Gasteiger partial charge is 0.453 e. The van der Waals surface area contributed by atoms with Crippen molar-refractivity contribution in [2.75, 3.05) is 20.2 Å². The molecule has 4 aliphatic rings. The number of alkyl carbamates (subject to hydrolysis) is 1. The predicted octanol–water partition coefficient (Wildman–Crippen LogP) is 5.28. The van der Waals surface area contributed by atoms with Crippen molar-refractivity contribution in [1.82, 2.24) is 24.7 Å². The maximum atomic E-state index is 14.1. The number of ether oxygens (including phenoxy) is 2. The number of nitrogens with one attached hydrogen (secondary N) is 1. The van der Waals surface area contributed by atoms with Gasteiger partial charge in [0, 0.05) is 48.7 Å². The first-order valence-electron chi connectivity index (χ1n) is 14.9. The molecule has 41 heavy (non-hydrogen) atoms. The predicted molar refractivity (Wildman–Crippen MR) is 151 cm³/mol. The number of aryl methyl sites for hydroxylation is 1. The lowest BCUT2D eigenvalue weighted by Crippen LogP contribution is -2.74. The van der Waals surface area contributed by atoms with Crippen LogP contribution in [0.5, 0.6) is 0 Å². The van der Waals surface area contributed by atoms with Crippen LogP contribution in [-0.4, -0.2) is 69.4 Å². The van der Waals surface area contributed by atoms with E-state index in [2.05, 4.69) is 21.7 Å². The van der Waals surface area contributed by atoms with Gasteiger partial charge in [-0.25, -0.2) is 19.0 Å². The fourth-order valence-electron chi connectivity index (χ4n) is 8.11. The van der Waals surface area contributed by atoms with Crippen LogP contribution in [0.25, 0.3) is 0 Å². The van der Waals surface area contributed by atoms with Crippen molar-refractivity contribution >= 4 is 12.2 Å². The number of carbonyl (C=O) groups is 2. The number of fused-ring (bicyclic) bond motifs is 1. The van der Waals surface area contributed by atoms with E-state index < -0.39 is 11.7 Å². The first-order chi connectivity index (χ1) is 19.5. The Morgan fingerprint density at radius 1 is 1.27 bits per heavy atom. The second kappa shape index (κ2) is 10.3. The zero-order valence-electron chi connectivity index (χ0n) is 24.8. The van der Waals surface area contributed by atoms with Gasteiger partial charge >= 0.3 is 12.2 Å². The number of piperidine rings is 1. The number of carbonyl (C=O) groups excluding carboxylic acids is 2. The summed E-state index contributed by atoms with van der Waals surface area (Å²) in [6.07, 6.45) is 5.37. The minimum atomic E-state index is -0.610. The summed E-state index contributed by atoms with van der Waals surface area (Å²) in [7, 11) is 1.42. The molecule has 2 aliphatic heterocycles. The Labute approximate surface area is 241 Å². The Morgan fingerprint density at radius 3 is 2.76 bits per heavy atom. The number of amides is 2. The molecule has 222 valence electrons. The number of nitrogens with zero attached hydrogens (tertiary/aromatic N) is 4. The summed E-state index contributed by atoms with van der Waals surface area (Å²) in [6, 6.07) is 7.59. The monoisotopic (exact) mass is 567 g/mol. The summed E-state index contributed by atoms with van der Waals surface area (Å²) in [6.45, 7) is 9.57. The third kappa shape index (κ3) is 4.98. The first kappa shape index (κ1) is 28.0. The summed E-state index contributed by atoms with van der Waals surface area (Å²) in [5.41, 5.74) is 2.75. The average molecular weight is 568 g/mol. The van der Waals surface area contributed by atoms with E-state index in [4.69, 9.17) is 14.5 Å². The molecule has 0 bridgehead atoms. The fraction of sp³-hybridized carbons (Fsp3) is 0.645. The van der Waals surface area contributed by atoms with Crippen LogP contribution in [0.2, 0.25) is 0 Å². The molecular weight excluding hydrogens is 525 g/mol. The zero-order valence-corrected chi connectivity index (χ0v) is 24.8. The normalized spacial score (nSPS) is 27.6. The van der Waals surface area contributed by atoms with Crippen LogP contribution in [0.3, 0.4) is 0 Å². The molecule has 2 amide bonds. The Kier molecular flexibility index (Phi) is 7.03. The SMILES string of the molecule is COC(=O)N1CCc2c(nc(C)n2C2CC3N(CC[C@H](NC(=O)OC(C)(C)C)c4cccc(F)c4)C4CCC43C2)C1.